The fourth-order valence-electron chi connectivity index (χ4n) is 1.73. The number of rotatable bonds is 3. The number of hydrogen-bond acceptors (Lipinski definition) is 3. The van der Waals surface area contributed by atoms with Gasteiger partial charge in [-0.05, 0) is 18.2 Å². The lowest BCUT2D eigenvalue weighted by molar-refractivity contribution is 0.0945. The summed E-state index contributed by atoms with van der Waals surface area (Å²) in [6.45, 7) is 0.354. The van der Waals surface area contributed by atoms with Crippen LogP contribution in [0.5, 0.6) is 0 Å². The number of carbonyl (C=O) groups is 1. The number of fused-ring (bicyclic) bond motifs is 1. The Hall–Kier alpha value is -2.63. The molecule has 3 rings (SSSR count). The van der Waals surface area contributed by atoms with Crippen molar-refractivity contribution in [1.82, 2.24) is 25.5 Å². The van der Waals surface area contributed by atoms with Crippen molar-refractivity contribution < 1.29 is 4.79 Å². The summed E-state index contributed by atoms with van der Waals surface area (Å²) in [6.07, 6.45) is 1.54. The molecule has 1 amide bonds. The number of benzene rings is 1. The highest BCUT2D eigenvalue weighted by Crippen LogP contribution is 2.09. The molecule has 18 heavy (non-hydrogen) atoms. The van der Waals surface area contributed by atoms with Crippen molar-refractivity contribution in [3.8, 4) is 0 Å². The van der Waals surface area contributed by atoms with Crippen molar-refractivity contribution in [1.29, 1.82) is 0 Å². The van der Waals surface area contributed by atoms with Gasteiger partial charge in [0.15, 0.2) is 0 Å². The highest BCUT2D eigenvalue weighted by Gasteiger charge is 2.07. The van der Waals surface area contributed by atoms with Crippen molar-refractivity contribution in [3.63, 3.8) is 0 Å². The Morgan fingerprint density at radius 1 is 1.28 bits per heavy atom. The smallest absolute Gasteiger partial charge is 0.269 e. The van der Waals surface area contributed by atoms with Crippen molar-refractivity contribution in [2.24, 2.45) is 0 Å². The summed E-state index contributed by atoms with van der Waals surface area (Å²) in [5.74, 6) is 0.525. The van der Waals surface area contributed by atoms with E-state index in [1.165, 1.54) is 6.20 Å². The number of nitrogens with zero attached hydrogens (tertiary/aromatic N) is 2. The molecule has 90 valence electrons. The molecule has 3 aromatic rings. The fraction of sp³-hybridized carbons (Fsp3) is 0.0833. The summed E-state index contributed by atoms with van der Waals surface area (Å²) < 4.78 is 0. The Bertz CT molecular complexity index is 638. The zero-order valence-electron chi connectivity index (χ0n) is 9.47. The molecule has 0 aliphatic heterocycles. The zero-order chi connectivity index (χ0) is 12.4. The molecule has 0 saturated carbocycles. The van der Waals surface area contributed by atoms with Crippen LogP contribution in [-0.2, 0) is 6.54 Å². The number of hydrogen-bond donors (Lipinski definition) is 3. The van der Waals surface area contributed by atoms with E-state index in [0.717, 1.165) is 16.9 Å². The molecular weight excluding hydrogens is 230 g/mol. The number of amides is 1. The summed E-state index contributed by atoms with van der Waals surface area (Å²) >= 11 is 0. The molecule has 0 saturated heterocycles. The minimum Gasteiger partial charge on any atom is -0.343 e. The second-order valence-corrected chi connectivity index (χ2v) is 3.85. The first-order valence-electron chi connectivity index (χ1n) is 5.54. The number of carbonyl (C=O) groups excluding carboxylic acids is 1. The standard InChI is InChI=1S/C12H11N5O/c18-12(10-5-6-14-17-10)13-7-11-15-8-3-1-2-4-9(8)16-11/h1-6H,7H2,(H,13,18)(H,14,17)(H,15,16). The summed E-state index contributed by atoms with van der Waals surface area (Å²) in [5.41, 5.74) is 2.29. The quantitative estimate of drug-likeness (QED) is 0.644. The second-order valence-electron chi connectivity index (χ2n) is 3.85. The fourth-order valence-corrected chi connectivity index (χ4v) is 1.73. The third kappa shape index (κ3) is 1.95. The minimum atomic E-state index is -0.201. The van der Waals surface area contributed by atoms with Crippen molar-refractivity contribution in [2.75, 3.05) is 0 Å². The Balaban J connectivity index is 1.71. The van der Waals surface area contributed by atoms with E-state index in [4.69, 9.17) is 0 Å². The Labute approximate surface area is 102 Å². The van der Waals surface area contributed by atoms with E-state index < -0.39 is 0 Å². The van der Waals surface area contributed by atoms with Crippen LogP contribution in [0.25, 0.3) is 11.0 Å². The summed E-state index contributed by atoms with van der Waals surface area (Å²) in [7, 11) is 0. The molecule has 0 radical (unpaired) electrons. The number of imidazole rings is 1. The van der Waals surface area contributed by atoms with Crippen LogP contribution >= 0.6 is 0 Å². The third-order valence-electron chi connectivity index (χ3n) is 2.60. The largest absolute Gasteiger partial charge is 0.343 e. The number of para-hydroxylation sites is 2. The predicted molar refractivity (Wildman–Crippen MR) is 65.9 cm³/mol. The monoisotopic (exact) mass is 241 g/mol. The van der Waals surface area contributed by atoms with Gasteiger partial charge in [-0.1, -0.05) is 12.1 Å². The first-order chi connectivity index (χ1) is 8.83. The molecule has 2 aromatic heterocycles. The molecule has 6 heteroatoms. The molecule has 6 nitrogen and oxygen atoms in total. The number of H-pyrrole nitrogens is 2. The lowest BCUT2D eigenvalue weighted by Crippen LogP contribution is -2.23. The average molecular weight is 241 g/mol. The van der Waals surface area contributed by atoms with Gasteiger partial charge in [-0.25, -0.2) is 4.98 Å². The van der Waals surface area contributed by atoms with Crippen LogP contribution in [0.15, 0.2) is 36.5 Å². The van der Waals surface area contributed by atoms with Gasteiger partial charge in [0.25, 0.3) is 5.91 Å². The first kappa shape index (κ1) is 10.5. The van der Waals surface area contributed by atoms with Gasteiger partial charge in [0.2, 0.25) is 0 Å². The molecule has 3 N–H and O–H groups in total. The first-order valence-corrected chi connectivity index (χ1v) is 5.54. The average Bonchev–Trinajstić information content (AvgIpc) is 3.04. The van der Waals surface area contributed by atoms with Crippen LogP contribution in [0.1, 0.15) is 16.3 Å². The molecule has 0 atom stereocenters. The summed E-state index contributed by atoms with van der Waals surface area (Å²) in [4.78, 5) is 19.2. The third-order valence-corrected chi connectivity index (χ3v) is 2.60. The van der Waals surface area contributed by atoms with E-state index in [2.05, 4.69) is 25.5 Å². The van der Waals surface area contributed by atoms with Gasteiger partial charge in [-0.3, -0.25) is 9.89 Å². The molecule has 0 bridgehead atoms. The lowest BCUT2D eigenvalue weighted by atomic mass is 10.3. The molecule has 2 heterocycles. The number of aromatic amines is 2. The topological polar surface area (TPSA) is 86.5 Å². The Kier molecular flexibility index (Phi) is 2.53. The highest BCUT2D eigenvalue weighted by atomic mass is 16.1. The van der Waals surface area contributed by atoms with Crippen LogP contribution in [0, 0.1) is 0 Å². The maximum Gasteiger partial charge on any atom is 0.269 e. The number of aromatic nitrogens is 4. The van der Waals surface area contributed by atoms with Crippen LogP contribution < -0.4 is 5.32 Å². The van der Waals surface area contributed by atoms with Crippen LogP contribution in [0.2, 0.25) is 0 Å². The molecule has 0 spiro atoms. The van der Waals surface area contributed by atoms with Gasteiger partial charge in [-0.2, -0.15) is 5.10 Å². The van der Waals surface area contributed by atoms with Gasteiger partial charge in [0.05, 0.1) is 17.6 Å². The molecule has 0 unspecified atom stereocenters. The van der Waals surface area contributed by atoms with E-state index in [-0.39, 0.29) is 5.91 Å². The van der Waals surface area contributed by atoms with Crippen molar-refractivity contribution in [3.05, 3.63) is 48.0 Å². The van der Waals surface area contributed by atoms with Crippen molar-refractivity contribution in [2.45, 2.75) is 6.54 Å². The van der Waals surface area contributed by atoms with E-state index in [1.807, 2.05) is 24.3 Å². The van der Waals surface area contributed by atoms with E-state index in [0.29, 0.717) is 12.2 Å². The maximum absolute atomic E-state index is 11.7. The number of nitrogens with one attached hydrogen (secondary N) is 3. The predicted octanol–water partition coefficient (Wildman–Crippen LogP) is 1.22. The van der Waals surface area contributed by atoms with Gasteiger partial charge in [0.1, 0.15) is 11.5 Å². The minimum absolute atomic E-state index is 0.201. The highest BCUT2D eigenvalue weighted by molar-refractivity contribution is 5.92. The molecule has 1 aromatic carbocycles. The summed E-state index contributed by atoms with van der Waals surface area (Å²) in [5, 5.41) is 9.09. The second kappa shape index (κ2) is 4.33. The zero-order valence-corrected chi connectivity index (χ0v) is 9.47. The van der Waals surface area contributed by atoms with Crippen molar-refractivity contribution >= 4 is 16.9 Å². The molecular formula is C12H11N5O. The summed E-state index contributed by atoms with van der Waals surface area (Å²) in [6, 6.07) is 9.35. The SMILES string of the molecule is O=C(NCc1nc2ccccc2[nH]1)c1ccn[nH]1. The van der Waals surface area contributed by atoms with Gasteiger partial charge < -0.3 is 10.3 Å². The van der Waals surface area contributed by atoms with Gasteiger partial charge >= 0.3 is 0 Å². The Morgan fingerprint density at radius 2 is 2.17 bits per heavy atom. The molecule has 0 fully saturated rings. The van der Waals surface area contributed by atoms with Crippen LogP contribution in [-0.4, -0.2) is 26.1 Å². The molecule has 0 aliphatic carbocycles. The van der Waals surface area contributed by atoms with E-state index in [1.54, 1.807) is 6.07 Å². The van der Waals surface area contributed by atoms with E-state index >= 15 is 0 Å². The normalized spacial score (nSPS) is 10.7. The van der Waals surface area contributed by atoms with Crippen LogP contribution in [0.4, 0.5) is 0 Å². The van der Waals surface area contributed by atoms with Gasteiger partial charge in [-0.15, -0.1) is 0 Å². The molecule has 0 aliphatic rings. The van der Waals surface area contributed by atoms with Gasteiger partial charge in [0, 0.05) is 6.20 Å². The van der Waals surface area contributed by atoms with E-state index in [9.17, 15) is 4.79 Å². The van der Waals surface area contributed by atoms with Crippen LogP contribution in [0.3, 0.4) is 0 Å². The lowest BCUT2D eigenvalue weighted by Gasteiger charge is -1.99. The Morgan fingerprint density at radius 3 is 2.94 bits per heavy atom. The maximum atomic E-state index is 11.7.